The fourth-order valence-electron chi connectivity index (χ4n) is 4.93. The Morgan fingerprint density at radius 2 is 1.64 bits per heavy atom. The van der Waals surface area contributed by atoms with Crippen LogP contribution < -0.4 is 10.2 Å². The fraction of sp³-hybridized carbons (Fsp3) is 0.276. The van der Waals surface area contributed by atoms with Crippen LogP contribution in [0.2, 0.25) is 0 Å². The van der Waals surface area contributed by atoms with Gasteiger partial charge in [0.1, 0.15) is 6.61 Å². The van der Waals surface area contributed by atoms with Gasteiger partial charge in [-0.2, -0.15) is 0 Å². The monoisotopic (exact) mass is 438 g/mol. The van der Waals surface area contributed by atoms with Gasteiger partial charge in [0.05, 0.1) is 0 Å². The molecule has 1 amide bonds. The van der Waals surface area contributed by atoms with E-state index in [0.29, 0.717) is 13.2 Å². The van der Waals surface area contributed by atoms with Gasteiger partial charge in [-0.25, -0.2) is 4.79 Å². The van der Waals surface area contributed by atoms with Gasteiger partial charge in [0.2, 0.25) is 0 Å². The van der Waals surface area contributed by atoms with Crippen LogP contribution in [0.5, 0.6) is 0 Å². The third-order valence-electron chi connectivity index (χ3n) is 6.58. The van der Waals surface area contributed by atoms with Crippen molar-refractivity contribution in [2.45, 2.75) is 25.2 Å². The number of hydrogen-bond acceptors (Lipinski definition) is 3. The molecule has 33 heavy (non-hydrogen) atoms. The minimum Gasteiger partial charge on any atom is -0.449 e. The molecule has 2 aliphatic rings. The van der Waals surface area contributed by atoms with Gasteiger partial charge >= 0.3 is 6.09 Å². The Morgan fingerprint density at radius 3 is 2.36 bits per heavy atom. The lowest BCUT2D eigenvalue weighted by Gasteiger charge is -2.17. The third kappa shape index (κ3) is 4.80. The van der Waals surface area contributed by atoms with Crippen molar-refractivity contribution in [3.63, 3.8) is 0 Å². The quantitative estimate of drug-likeness (QED) is 0.445. The van der Waals surface area contributed by atoms with Crippen LogP contribution in [-0.2, 0) is 4.74 Å². The first kappa shape index (κ1) is 21.3. The van der Waals surface area contributed by atoms with Crippen molar-refractivity contribution in [3.05, 3.63) is 95.6 Å². The minimum atomic E-state index is -0.360. The summed E-state index contributed by atoms with van der Waals surface area (Å²) in [6, 6.07) is 25.4. The number of nitrogens with zero attached hydrogens (tertiary/aromatic N) is 1. The topological polar surface area (TPSA) is 41.6 Å². The van der Waals surface area contributed by atoms with E-state index in [4.69, 9.17) is 4.74 Å². The zero-order valence-electron chi connectivity index (χ0n) is 18.9. The number of carbonyl (C=O) groups excluding carboxylic acids is 1. The Labute approximate surface area is 195 Å². The van der Waals surface area contributed by atoms with E-state index in [9.17, 15) is 4.79 Å². The lowest BCUT2D eigenvalue weighted by atomic mass is 9.98. The highest BCUT2D eigenvalue weighted by atomic mass is 16.5. The first-order chi connectivity index (χ1) is 16.3. The van der Waals surface area contributed by atoms with E-state index in [-0.39, 0.29) is 12.0 Å². The molecule has 3 aromatic rings. The zero-order chi connectivity index (χ0) is 22.5. The molecule has 1 aliphatic heterocycles. The molecule has 1 N–H and O–H groups in total. The summed E-state index contributed by atoms with van der Waals surface area (Å²) in [6.45, 7) is 3.20. The molecule has 0 unspecified atom stereocenters. The Morgan fingerprint density at radius 1 is 0.939 bits per heavy atom. The summed E-state index contributed by atoms with van der Waals surface area (Å²) in [5.74, 6) is 0.0888. The third-order valence-corrected chi connectivity index (χ3v) is 6.58. The summed E-state index contributed by atoms with van der Waals surface area (Å²) in [6.07, 6.45) is 7.19. The van der Waals surface area contributed by atoms with Crippen LogP contribution in [0.1, 0.15) is 41.9 Å². The SMILES string of the molecule is O=C(NCCC=Cc1cccc(N2CCCC2)c1)OCC1c2ccccc2-c2ccccc21. The van der Waals surface area contributed by atoms with Crippen molar-refractivity contribution in [2.75, 3.05) is 31.1 Å². The number of amides is 1. The van der Waals surface area contributed by atoms with Crippen molar-refractivity contribution in [1.29, 1.82) is 0 Å². The average Bonchev–Trinajstić information content (AvgIpc) is 3.50. The highest BCUT2D eigenvalue weighted by molar-refractivity contribution is 5.79. The second-order valence-corrected chi connectivity index (χ2v) is 8.73. The normalized spacial score (nSPS) is 15.0. The number of nitrogens with one attached hydrogen (secondary N) is 1. The summed E-state index contributed by atoms with van der Waals surface area (Å²) in [5, 5.41) is 2.88. The number of anilines is 1. The molecule has 5 rings (SSSR count). The molecule has 4 heteroatoms. The van der Waals surface area contributed by atoms with Crippen molar-refractivity contribution in [1.82, 2.24) is 5.32 Å². The van der Waals surface area contributed by atoms with E-state index in [0.717, 1.165) is 19.5 Å². The zero-order valence-corrected chi connectivity index (χ0v) is 18.9. The number of fused-ring (bicyclic) bond motifs is 3. The van der Waals surface area contributed by atoms with Crippen molar-refractivity contribution in [3.8, 4) is 11.1 Å². The van der Waals surface area contributed by atoms with E-state index in [1.54, 1.807) is 0 Å². The molecular formula is C29H30N2O2. The highest BCUT2D eigenvalue weighted by Crippen LogP contribution is 2.44. The maximum atomic E-state index is 12.3. The Kier molecular flexibility index (Phi) is 6.43. The molecule has 1 fully saturated rings. The Hall–Kier alpha value is -3.53. The summed E-state index contributed by atoms with van der Waals surface area (Å²) in [5.41, 5.74) is 7.42. The maximum Gasteiger partial charge on any atom is 0.407 e. The standard InChI is InChI=1S/C29H30N2O2/c32-29(30-17-6-5-10-22-11-9-12-23(20-22)31-18-7-8-19-31)33-21-28-26-15-3-1-13-24(26)25-14-2-4-16-27(25)28/h1-5,9-16,20,28H,6-8,17-19,21H2,(H,30,32). The van der Waals surface area contributed by atoms with Gasteiger partial charge in [0.15, 0.2) is 0 Å². The molecule has 3 aromatic carbocycles. The van der Waals surface area contributed by atoms with Crippen LogP contribution in [-0.4, -0.2) is 32.3 Å². The second-order valence-electron chi connectivity index (χ2n) is 8.73. The van der Waals surface area contributed by atoms with E-state index in [2.05, 4.69) is 83.0 Å². The summed E-state index contributed by atoms with van der Waals surface area (Å²) < 4.78 is 5.60. The van der Waals surface area contributed by atoms with Crippen molar-refractivity contribution in [2.24, 2.45) is 0 Å². The molecule has 0 bridgehead atoms. The van der Waals surface area contributed by atoms with Gasteiger partial charge in [-0.1, -0.05) is 72.8 Å². The van der Waals surface area contributed by atoms with E-state index in [1.807, 2.05) is 12.1 Å². The van der Waals surface area contributed by atoms with Gasteiger partial charge in [-0.05, 0) is 59.2 Å². The molecule has 4 nitrogen and oxygen atoms in total. The number of ether oxygens (including phenoxy) is 1. The molecular weight excluding hydrogens is 408 g/mol. The van der Waals surface area contributed by atoms with Crippen LogP contribution in [0.3, 0.4) is 0 Å². The van der Waals surface area contributed by atoms with Crippen LogP contribution in [0.15, 0.2) is 78.9 Å². The Balaban J connectivity index is 1.09. The molecule has 1 saturated heterocycles. The number of alkyl carbamates (subject to hydrolysis) is 1. The summed E-state index contributed by atoms with van der Waals surface area (Å²) in [4.78, 5) is 14.7. The molecule has 1 aliphatic carbocycles. The molecule has 0 saturated carbocycles. The number of carbonyl (C=O) groups is 1. The predicted molar refractivity (Wildman–Crippen MR) is 135 cm³/mol. The number of hydrogen-bond donors (Lipinski definition) is 1. The molecule has 168 valence electrons. The lowest BCUT2D eigenvalue weighted by Crippen LogP contribution is -2.26. The van der Waals surface area contributed by atoms with Gasteiger partial charge < -0.3 is 15.0 Å². The first-order valence-corrected chi connectivity index (χ1v) is 11.9. The fourth-order valence-corrected chi connectivity index (χ4v) is 4.93. The van der Waals surface area contributed by atoms with Crippen LogP contribution >= 0.6 is 0 Å². The largest absolute Gasteiger partial charge is 0.449 e. The highest BCUT2D eigenvalue weighted by Gasteiger charge is 2.28. The van der Waals surface area contributed by atoms with Gasteiger partial charge in [0.25, 0.3) is 0 Å². The maximum absolute atomic E-state index is 12.3. The van der Waals surface area contributed by atoms with Crippen LogP contribution in [0, 0.1) is 0 Å². The molecule has 0 aromatic heterocycles. The summed E-state index contributed by atoms with van der Waals surface area (Å²) in [7, 11) is 0. The van der Waals surface area contributed by atoms with Crippen LogP contribution in [0.25, 0.3) is 17.2 Å². The molecule has 0 spiro atoms. The number of benzene rings is 3. The molecule has 0 radical (unpaired) electrons. The average molecular weight is 439 g/mol. The Bertz CT molecular complexity index is 1100. The minimum absolute atomic E-state index is 0.0888. The summed E-state index contributed by atoms with van der Waals surface area (Å²) >= 11 is 0. The van der Waals surface area contributed by atoms with Gasteiger partial charge in [0, 0.05) is 31.2 Å². The van der Waals surface area contributed by atoms with E-state index >= 15 is 0 Å². The van der Waals surface area contributed by atoms with E-state index in [1.165, 1.54) is 46.3 Å². The van der Waals surface area contributed by atoms with Gasteiger partial charge in [-0.3, -0.25) is 0 Å². The molecule has 1 heterocycles. The second kappa shape index (κ2) is 9.95. The number of rotatable bonds is 7. The smallest absolute Gasteiger partial charge is 0.407 e. The predicted octanol–water partition coefficient (Wildman–Crippen LogP) is 6.23. The van der Waals surface area contributed by atoms with E-state index < -0.39 is 0 Å². The lowest BCUT2D eigenvalue weighted by molar-refractivity contribution is 0.143. The molecule has 0 atom stereocenters. The van der Waals surface area contributed by atoms with Gasteiger partial charge in [-0.15, -0.1) is 0 Å². The van der Waals surface area contributed by atoms with Crippen LogP contribution in [0.4, 0.5) is 10.5 Å². The van der Waals surface area contributed by atoms with Crippen molar-refractivity contribution >= 4 is 17.9 Å². The first-order valence-electron chi connectivity index (χ1n) is 11.9. The van der Waals surface area contributed by atoms with Crippen molar-refractivity contribution < 1.29 is 9.53 Å².